The standard InChI is InChI=1S/C16H15F3N4O3S/c1-8-4-11(14(24)25)21-23(8)7-9-5-10(26-16(17,18)19)6-12-13(9)20-15(27-12)22(2)3/h4-6H,7H2,1-3H3,(H,24,25). The van der Waals surface area contributed by atoms with Crippen LogP contribution in [-0.2, 0) is 6.54 Å². The predicted molar refractivity (Wildman–Crippen MR) is 93.7 cm³/mol. The van der Waals surface area contributed by atoms with E-state index in [4.69, 9.17) is 5.11 Å². The first-order valence-electron chi connectivity index (χ1n) is 7.68. The minimum atomic E-state index is -4.82. The molecule has 3 aromatic rings. The van der Waals surface area contributed by atoms with Crippen molar-refractivity contribution in [1.29, 1.82) is 0 Å². The van der Waals surface area contributed by atoms with Crippen LogP contribution in [0.5, 0.6) is 5.75 Å². The van der Waals surface area contributed by atoms with Crippen LogP contribution in [0.25, 0.3) is 10.2 Å². The molecule has 0 atom stereocenters. The number of carbonyl (C=O) groups is 1. The van der Waals surface area contributed by atoms with Crippen molar-refractivity contribution in [1.82, 2.24) is 14.8 Å². The Morgan fingerprint density at radius 2 is 2.04 bits per heavy atom. The maximum atomic E-state index is 12.7. The Morgan fingerprint density at radius 1 is 1.33 bits per heavy atom. The molecule has 3 rings (SSSR count). The normalized spacial score (nSPS) is 11.8. The van der Waals surface area contributed by atoms with Gasteiger partial charge in [-0.2, -0.15) is 5.10 Å². The Kier molecular flexibility index (Phi) is 4.72. The van der Waals surface area contributed by atoms with Crippen molar-refractivity contribution in [2.45, 2.75) is 19.8 Å². The zero-order chi connectivity index (χ0) is 19.9. The van der Waals surface area contributed by atoms with Crippen LogP contribution in [0.1, 0.15) is 21.7 Å². The molecule has 11 heteroatoms. The van der Waals surface area contributed by atoms with Crippen molar-refractivity contribution in [3.05, 3.63) is 35.2 Å². The van der Waals surface area contributed by atoms with Crippen LogP contribution in [0.2, 0.25) is 0 Å². The second kappa shape index (κ2) is 6.72. The van der Waals surface area contributed by atoms with Crippen LogP contribution in [0.3, 0.4) is 0 Å². The minimum absolute atomic E-state index is 0.0568. The molecule has 0 aliphatic rings. The van der Waals surface area contributed by atoms with Crippen molar-refractivity contribution >= 4 is 32.7 Å². The first-order valence-corrected chi connectivity index (χ1v) is 8.49. The van der Waals surface area contributed by atoms with Gasteiger partial charge in [0.2, 0.25) is 0 Å². The highest BCUT2D eigenvalue weighted by atomic mass is 32.1. The average molecular weight is 400 g/mol. The number of aromatic carboxylic acids is 1. The van der Waals surface area contributed by atoms with Gasteiger partial charge in [-0.25, -0.2) is 9.78 Å². The fraction of sp³-hybridized carbons (Fsp3) is 0.312. The molecule has 0 aliphatic carbocycles. The van der Waals surface area contributed by atoms with Gasteiger partial charge < -0.3 is 14.7 Å². The molecule has 27 heavy (non-hydrogen) atoms. The highest BCUT2D eigenvalue weighted by molar-refractivity contribution is 7.22. The summed E-state index contributed by atoms with van der Waals surface area (Å²) in [5.74, 6) is -1.54. The quantitative estimate of drug-likeness (QED) is 0.706. The molecule has 0 saturated heterocycles. The van der Waals surface area contributed by atoms with Gasteiger partial charge >= 0.3 is 12.3 Å². The van der Waals surface area contributed by atoms with Crippen LogP contribution in [0.4, 0.5) is 18.3 Å². The molecule has 2 aromatic heterocycles. The molecule has 0 bridgehead atoms. The molecule has 144 valence electrons. The lowest BCUT2D eigenvalue weighted by Crippen LogP contribution is -2.17. The van der Waals surface area contributed by atoms with Crippen LogP contribution in [-0.4, -0.2) is 46.3 Å². The molecule has 0 saturated carbocycles. The average Bonchev–Trinajstić information content (AvgIpc) is 3.10. The maximum Gasteiger partial charge on any atom is 0.573 e. The number of ether oxygens (including phenoxy) is 1. The van der Waals surface area contributed by atoms with Crippen LogP contribution < -0.4 is 9.64 Å². The molecule has 0 amide bonds. The summed E-state index contributed by atoms with van der Waals surface area (Å²) in [6, 6.07) is 3.92. The summed E-state index contributed by atoms with van der Waals surface area (Å²) in [5.41, 5.74) is 1.38. The molecule has 7 nitrogen and oxygen atoms in total. The zero-order valence-electron chi connectivity index (χ0n) is 14.5. The number of aryl methyl sites for hydroxylation is 1. The fourth-order valence-corrected chi connectivity index (χ4v) is 3.46. The number of fused-ring (bicyclic) bond motifs is 1. The lowest BCUT2D eigenvalue weighted by atomic mass is 10.2. The predicted octanol–water partition coefficient (Wildman–Crippen LogP) is 3.51. The van der Waals surface area contributed by atoms with Gasteiger partial charge in [-0.1, -0.05) is 11.3 Å². The Hall–Kier alpha value is -2.82. The van der Waals surface area contributed by atoms with Crippen LogP contribution in [0, 0.1) is 6.92 Å². The van der Waals surface area contributed by atoms with E-state index in [1.807, 2.05) is 0 Å². The summed E-state index contributed by atoms with van der Waals surface area (Å²) in [4.78, 5) is 17.3. The number of aromatic nitrogens is 3. The molecule has 1 aromatic carbocycles. The molecule has 2 heterocycles. The van der Waals surface area contributed by atoms with Gasteiger partial charge in [0.15, 0.2) is 10.8 Å². The Bertz CT molecular complexity index is 1010. The van der Waals surface area contributed by atoms with Crippen LogP contribution in [0.15, 0.2) is 18.2 Å². The molecule has 0 unspecified atom stereocenters. The van der Waals surface area contributed by atoms with E-state index in [2.05, 4.69) is 14.8 Å². The Labute approximate surface area is 155 Å². The summed E-state index contributed by atoms with van der Waals surface area (Å²) in [5, 5.41) is 13.7. The third kappa shape index (κ3) is 4.13. The highest BCUT2D eigenvalue weighted by Crippen LogP contribution is 2.35. The minimum Gasteiger partial charge on any atom is -0.476 e. The molecule has 1 N–H and O–H groups in total. The van der Waals surface area contributed by atoms with E-state index in [0.29, 0.717) is 26.6 Å². The number of carboxylic acid groups (broad SMARTS) is 1. The first-order chi connectivity index (χ1) is 12.5. The molecule has 0 radical (unpaired) electrons. The number of rotatable bonds is 5. The van der Waals surface area contributed by atoms with Gasteiger partial charge in [0, 0.05) is 31.4 Å². The van der Waals surface area contributed by atoms with E-state index in [0.717, 1.165) is 0 Å². The van der Waals surface area contributed by atoms with Crippen molar-refractivity contribution in [3.8, 4) is 5.75 Å². The largest absolute Gasteiger partial charge is 0.573 e. The summed E-state index contributed by atoms with van der Waals surface area (Å²) in [6.07, 6.45) is -4.82. The number of alkyl halides is 3. The SMILES string of the molecule is Cc1cc(C(=O)O)nn1Cc1cc(OC(F)(F)F)cc2sc(N(C)C)nc12. The lowest BCUT2D eigenvalue weighted by Gasteiger charge is -2.11. The third-order valence-electron chi connectivity index (χ3n) is 3.67. The molecule has 0 fully saturated rings. The second-order valence-corrected chi connectivity index (χ2v) is 7.01. The van der Waals surface area contributed by atoms with Gasteiger partial charge in [0.25, 0.3) is 0 Å². The van der Waals surface area contributed by atoms with Gasteiger partial charge in [-0.05, 0) is 19.1 Å². The monoisotopic (exact) mass is 400 g/mol. The number of benzene rings is 1. The smallest absolute Gasteiger partial charge is 0.476 e. The Balaban J connectivity index is 2.09. The molecule has 0 spiro atoms. The summed E-state index contributed by atoms with van der Waals surface area (Å²) < 4.78 is 44.0. The third-order valence-corrected chi connectivity index (χ3v) is 4.84. The number of nitrogens with zero attached hydrogens (tertiary/aromatic N) is 4. The van der Waals surface area contributed by atoms with Crippen molar-refractivity contribution in [2.75, 3.05) is 19.0 Å². The van der Waals surface area contributed by atoms with E-state index in [-0.39, 0.29) is 18.0 Å². The summed E-state index contributed by atoms with van der Waals surface area (Å²) in [7, 11) is 3.56. The van der Waals surface area contributed by atoms with Crippen molar-refractivity contribution in [2.24, 2.45) is 0 Å². The number of hydrogen-bond acceptors (Lipinski definition) is 6. The number of anilines is 1. The lowest BCUT2D eigenvalue weighted by molar-refractivity contribution is -0.274. The number of carboxylic acids is 1. The van der Waals surface area contributed by atoms with Gasteiger partial charge in [-0.3, -0.25) is 4.68 Å². The Morgan fingerprint density at radius 3 is 2.59 bits per heavy atom. The van der Waals surface area contributed by atoms with E-state index in [1.54, 1.807) is 25.9 Å². The first kappa shape index (κ1) is 19.0. The zero-order valence-corrected chi connectivity index (χ0v) is 15.4. The second-order valence-electron chi connectivity index (χ2n) is 6.00. The molecular weight excluding hydrogens is 385 g/mol. The van der Waals surface area contributed by atoms with Crippen molar-refractivity contribution < 1.29 is 27.8 Å². The number of halogens is 3. The van der Waals surface area contributed by atoms with E-state index in [9.17, 15) is 18.0 Å². The summed E-state index contributed by atoms with van der Waals surface area (Å²) in [6.45, 7) is 1.72. The highest BCUT2D eigenvalue weighted by Gasteiger charge is 2.31. The summed E-state index contributed by atoms with van der Waals surface area (Å²) >= 11 is 1.23. The molecular formula is C16H15F3N4O3S. The van der Waals surface area contributed by atoms with E-state index in [1.165, 1.54) is 34.2 Å². The van der Waals surface area contributed by atoms with Gasteiger partial charge in [0.1, 0.15) is 5.75 Å². The topological polar surface area (TPSA) is 80.5 Å². The van der Waals surface area contributed by atoms with Crippen LogP contribution >= 0.6 is 11.3 Å². The molecule has 0 aliphatic heterocycles. The van der Waals surface area contributed by atoms with Crippen molar-refractivity contribution in [3.63, 3.8) is 0 Å². The number of hydrogen-bond donors (Lipinski definition) is 1. The van der Waals surface area contributed by atoms with Gasteiger partial charge in [-0.15, -0.1) is 13.2 Å². The van der Waals surface area contributed by atoms with Gasteiger partial charge in [0.05, 0.1) is 16.8 Å². The van der Waals surface area contributed by atoms with E-state index < -0.39 is 12.3 Å². The fourth-order valence-electron chi connectivity index (χ4n) is 2.50. The maximum absolute atomic E-state index is 12.7. The number of thiazole rings is 1. The van der Waals surface area contributed by atoms with E-state index >= 15 is 0 Å².